The van der Waals surface area contributed by atoms with Gasteiger partial charge in [-0.1, -0.05) is 25.9 Å². The van der Waals surface area contributed by atoms with Crippen LogP contribution in [0.15, 0.2) is 6.20 Å². The van der Waals surface area contributed by atoms with E-state index < -0.39 is 0 Å². The van der Waals surface area contributed by atoms with Crippen LogP contribution in [0.5, 0.6) is 0 Å². The second-order valence-electron chi connectivity index (χ2n) is 3.84. The molecule has 1 aromatic rings. The first-order valence-electron chi connectivity index (χ1n) is 4.61. The van der Waals surface area contributed by atoms with Crippen LogP contribution in [0.3, 0.4) is 0 Å². The van der Waals surface area contributed by atoms with Crippen LogP contribution in [0, 0.1) is 16.0 Å². The van der Waals surface area contributed by atoms with E-state index in [9.17, 15) is 10.1 Å². The quantitative estimate of drug-likeness (QED) is 0.550. The lowest BCUT2D eigenvalue weighted by Gasteiger charge is -2.12. The van der Waals surface area contributed by atoms with Crippen molar-refractivity contribution in [2.75, 3.05) is 0 Å². The van der Waals surface area contributed by atoms with Gasteiger partial charge in [0.25, 0.3) is 0 Å². The average Bonchev–Trinajstić information content (AvgIpc) is 2.45. The van der Waals surface area contributed by atoms with Crippen molar-refractivity contribution in [1.29, 1.82) is 0 Å². The number of hydrogen-bond donors (Lipinski definition) is 0. The zero-order chi connectivity index (χ0) is 10.9. The Morgan fingerprint density at radius 1 is 1.50 bits per heavy atom. The van der Waals surface area contributed by atoms with Gasteiger partial charge in [0.2, 0.25) is 0 Å². The molecule has 0 amide bonds. The molecule has 1 atom stereocenters. The van der Waals surface area contributed by atoms with E-state index in [0.29, 0.717) is 11.5 Å². The number of aromatic nitrogens is 2. The lowest BCUT2D eigenvalue weighted by Crippen LogP contribution is -2.06. The molecule has 78 valence electrons. The highest BCUT2D eigenvalue weighted by atomic mass is 16.6. The highest BCUT2D eigenvalue weighted by Crippen LogP contribution is 2.30. The summed E-state index contributed by atoms with van der Waals surface area (Å²) >= 11 is 0. The van der Waals surface area contributed by atoms with E-state index in [0.717, 1.165) is 0 Å². The summed E-state index contributed by atoms with van der Waals surface area (Å²) in [6.45, 7) is 6.07. The van der Waals surface area contributed by atoms with Gasteiger partial charge >= 0.3 is 5.82 Å². The Bertz CT molecular complexity index is 344. The lowest BCUT2D eigenvalue weighted by atomic mass is 9.92. The third kappa shape index (κ3) is 1.76. The monoisotopic (exact) mass is 197 g/mol. The van der Waals surface area contributed by atoms with Crippen LogP contribution >= 0.6 is 0 Å². The summed E-state index contributed by atoms with van der Waals surface area (Å²) in [4.78, 5) is 10.4. The molecule has 5 nitrogen and oxygen atoms in total. The van der Waals surface area contributed by atoms with Gasteiger partial charge < -0.3 is 10.1 Å². The predicted molar refractivity (Wildman–Crippen MR) is 53.1 cm³/mol. The van der Waals surface area contributed by atoms with E-state index in [-0.39, 0.29) is 16.7 Å². The maximum atomic E-state index is 10.8. The number of hydrogen-bond acceptors (Lipinski definition) is 3. The molecule has 0 saturated carbocycles. The van der Waals surface area contributed by atoms with Gasteiger partial charge in [-0.15, -0.1) is 4.68 Å². The first kappa shape index (κ1) is 10.7. The Morgan fingerprint density at radius 3 is 2.50 bits per heavy atom. The summed E-state index contributed by atoms with van der Waals surface area (Å²) in [6.07, 6.45) is 1.59. The minimum Gasteiger partial charge on any atom is -0.358 e. The molecule has 0 N–H and O–H groups in total. The third-order valence-corrected chi connectivity index (χ3v) is 2.60. The van der Waals surface area contributed by atoms with Crippen LogP contribution in [-0.2, 0) is 7.05 Å². The van der Waals surface area contributed by atoms with Gasteiger partial charge in [0.1, 0.15) is 7.05 Å². The Morgan fingerprint density at radius 2 is 2.07 bits per heavy atom. The molecule has 1 unspecified atom stereocenters. The molecule has 0 radical (unpaired) electrons. The predicted octanol–water partition coefficient (Wildman–Crippen LogP) is 2.09. The van der Waals surface area contributed by atoms with E-state index in [1.54, 1.807) is 13.2 Å². The molecule has 14 heavy (non-hydrogen) atoms. The van der Waals surface area contributed by atoms with Crippen molar-refractivity contribution in [2.24, 2.45) is 13.0 Å². The molecule has 0 saturated heterocycles. The van der Waals surface area contributed by atoms with Gasteiger partial charge in [0.05, 0.1) is 11.8 Å². The second-order valence-corrected chi connectivity index (χ2v) is 3.84. The Hall–Kier alpha value is -1.39. The molecule has 1 rings (SSSR count). The Balaban J connectivity index is 3.15. The summed E-state index contributed by atoms with van der Waals surface area (Å²) in [6, 6.07) is 0. The van der Waals surface area contributed by atoms with Crippen molar-refractivity contribution in [3.63, 3.8) is 0 Å². The maximum Gasteiger partial charge on any atom is 0.348 e. The van der Waals surface area contributed by atoms with E-state index >= 15 is 0 Å². The van der Waals surface area contributed by atoms with E-state index in [2.05, 4.69) is 5.10 Å². The maximum absolute atomic E-state index is 10.8. The molecule has 0 bridgehead atoms. The zero-order valence-corrected chi connectivity index (χ0v) is 8.89. The molecule has 1 aromatic heterocycles. The average molecular weight is 197 g/mol. The van der Waals surface area contributed by atoms with Gasteiger partial charge in [0.15, 0.2) is 0 Å². The van der Waals surface area contributed by atoms with Crippen molar-refractivity contribution in [2.45, 2.75) is 26.7 Å². The molecule has 1 heterocycles. The molecule has 0 spiro atoms. The Kier molecular flexibility index (Phi) is 2.88. The summed E-state index contributed by atoms with van der Waals surface area (Å²) in [5.74, 6) is 0.633. The fourth-order valence-electron chi connectivity index (χ4n) is 1.35. The minimum absolute atomic E-state index is 0.103. The van der Waals surface area contributed by atoms with Crippen LogP contribution in [0.4, 0.5) is 5.82 Å². The van der Waals surface area contributed by atoms with Gasteiger partial charge in [-0.2, -0.15) is 0 Å². The van der Waals surface area contributed by atoms with E-state index in [1.165, 1.54) is 4.68 Å². The van der Waals surface area contributed by atoms with Gasteiger partial charge in [-0.3, -0.25) is 0 Å². The fraction of sp³-hybridized carbons (Fsp3) is 0.667. The third-order valence-electron chi connectivity index (χ3n) is 2.60. The van der Waals surface area contributed by atoms with Crippen molar-refractivity contribution in [3.05, 3.63) is 21.9 Å². The smallest absolute Gasteiger partial charge is 0.348 e. The lowest BCUT2D eigenvalue weighted by molar-refractivity contribution is -0.393. The highest BCUT2D eigenvalue weighted by molar-refractivity contribution is 5.34. The standard InChI is InChI=1S/C9H15N3O2/c1-6(2)7(3)8-5-10-11(4)9(8)12(13)14/h5-7H,1-4H3. The number of nitro groups is 1. The molecular formula is C9H15N3O2. The van der Waals surface area contributed by atoms with Crippen LogP contribution in [0.1, 0.15) is 32.3 Å². The van der Waals surface area contributed by atoms with Crippen molar-refractivity contribution in [3.8, 4) is 0 Å². The van der Waals surface area contributed by atoms with Crippen LogP contribution < -0.4 is 0 Å². The topological polar surface area (TPSA) is 61.0 Å². The molecule has 0 aliphatic carbocycles. The van der Waals surface area contributed by atoms with Crippen LogP contribution in [0.25, 0.3) is 0 Å². The molecule has 0 aromatic carbocycles. The number of rotatable bonds is 3. The minimum atomic E-state index is -0.374. The van der Waals surface area contributed by atoms with Crippen molar-refractivity contribution < 1.29 is 4.92 Å². The fourth-order valence-corrected chi connectivity index (χ4v) is 1.35. The number of aryl methyl sites for hydroxylation is 1. The first-order valence-corrected chi connectivity index (χ1v) is 4.61. The molecule has 0 aliphatic rings. The van der Waals surface area contributed by atoms with Crippen molar-refractivity contribution in [1.82, 2.24) is 9.78 Å². The zero-order valence-electron chi connectivity index (χ0n) is 8.89. The number of nitrogens with zero attached hydrogens (tertiary/aromatic N) is 3. The van der Waals surface area contributed by atoms with Crippen LogP contribution in [-0.4, -0.2) is 14.7 Å². The Labute approximate surface area is 82.9 Å². The first-order chi connectivity index (χ1) is 6.45. The normalized spacial score (nSPS) is 13.2. The van der Waals surface area contributed by atoms with E-state index in [1.807, 2.05) is 20.8 Å². The summed E-state index contributed by atoms with van der Waals surface area (Å²) in [5.41, 5.74) is 0.715. The molecule has 5 heteroatoms. The summed E-state index contributed by atoms with van der Waals surface area (Å²) in [7, 11) is 1.59. The largest absolute Gasteiger partial charge is 0.358 e. The van der Waals surface area contributed by atoms with Gasteiger partial charge in [-0.25, -0.2) is 0 Å². The second kappa shape index (κ2) is 3.77. The van der Waals surface area contributed by atoms with Gasteiger partial charge in [-0.05, 0) is 16.8 Å². The molecular weight excluding hydrogens is 182 g/mol. The summed E-state index contributed by atoms with van der Waals surface area (Å²) < 4.78 is 1.31. The van der Waals surface area contributed by atoms with E-state index in [4.69, 9.17) is 0 Å². The SMILES string of the molecule is CC(C)C(C)c1cnn(C)c1[N+](=O)[O-]. The van der Waals surface area contributed by atoms with Crippen molar-refractivity contribution >= 4 is 5.82 Å². The van der Waals surface area contributed by atoms with Gasteiger partial charge in [0, 0.05) is 0 Å². The summed E-state index contributed by atoms with van der Waals surface area (Å²) in [5, 5.41) is 14.7. The highest BCUT2D eigenvalue weighted by Gasteiger charge is 2.25. The molecule has 0 fully saturated rings. The molecule has 0 aliphatic heterocycles. The van der Waals surface area contributed by atoms with Crippen LogP contribution in [0.2, 0.25) is 0 Å².